The second kappa shape index (κ2) is 10.2. The lowest BCUT2D eigenvalue weighted by Crippen LogP contribution is -1.69. The Kier molecular flexibility index (Phi) is 11.8. The summed E-state index contributed by atoms with van der Waals surface area (Å²) in [5.74, 6) is 0. The van der Waals surface area contributed by atoms with Gasteiger partial charge in [0.15, 0.2) is 0 Å². The highest BCUT2D eigenvalue weighted by Crippen LogP contribution is 2.07. The second-order valence-corrected chi connectivity index (χ2v) is 2.16. The summed E-state index contributed by atoms with van der Waals surface area (Å²) in [6.45, 7) is 13.1. The standard InChI is InChI=1S/C9H11Cl.C2H6/c1-4-8(5-2)7-9(10)6-3;1-2/h4-7H,1,3H2,2H3;1-2H3/b8-5-,9-7+;. The first-order valence-electron chi connectivity index (χ1n) is 4.03. The van der Waals surface area contributed by atoms with E-state index in [0.29, 0.717) is 5.03 Å². The Bertz CT molecular complexity index is 185. The summed E-state index contributed by atoms with van der Waals surface area (Å²) >= 11 is 5.67. The van der Waals surface area contributed by atoms with Crippen molar-refractivity contribution in [1.29, 1.82) is 0 Å². The van der Waals surface area contributed by atoms with Gasteiger partial charge in [0.25, 0.3) is 0 Å². The average molecular weight is 185 g/mol. The van der Waals surface area contributed by atoms with E-state index in [9.17, 15) is 0 Å². The molecule has 0 aromatic heterocycles. The maximum Gasteiger partial charge on any atom is 0.0405 e. The van der Waals surface area contributed by atoms with Crippen molar-refractivity contribution < 1.29 is 0 Å². The predicted octanol–water partition coefficient (Wildman–Crippen LogP) is 4.45. The summed E-state index contributed by atoms with van der Waals surface area (Å²) in [6, 6.07) is 0. The van der Waals surface area contributed by atoms with Crippen LogP contribution in [0.25, 0.3) is 0 Å². The molecule has 0 aromatic carbocycles. The van der Waals surface area contributed by atoms with Gasteiger partial charge < -0.3 is 0 Å². The topological polar surface area (TPSA) is 0 Å². The molecular formula is C11H17Cl. The van der Waals surface area contributed by atoms with Gasteiger partial charge >= 0.3 is 0 Å². The van der Waals surface area contributed by atoms with Crippen LogP contribution in [0.15, 0.2) is 48.1 Å². The van der Waals surface area contributed by atoms with E-state index in [1.54, 1.807) is 12.2 Å². The molecule has 0 rings (SSSR count). The van der Waals surface area contributed by atoms with Gasteiger partial charge in [-0.1, -0.05) is 56.8 Å². The fourth-order valence-corrected chi connectivity index (χ4v) is 0.604. The molecule has 0 bridgehead atoms. The third-order valence-electron chi connectivity index (χ3n) is 1.07. The highest BCUT2D eigenvalue weighted by molar-refractivity contribution is 6.31. The van der Waals surface area contributed by atoms with Crippen LogP contribution in [0.2, 0.25) is 0 Å². The van der Waals surface area contributed by atoms with E-state index < -0.39 is 0 Å². The highest BCUT2D eigenvalue weighted by atomic mass is 35.5. The van der Waals surface area contributed by atoms with Gasteiger partial charge in [0.2, 0.25) is 0 Å². The number of allylic oxidation sites excluding steroid dienone is 6. The SMILES string of the molecule is C=CC(=C/C)/C=C(/Cl)C=C.CC. The minimum absolute atomic E-state index is 0.632. The average Bonchev–Trinajstić information content (AvgIpc) is 2.16. The van der Waals surface area contributed by atoms with Gasteiger partial charge in [-0.2, -0.15) is 0 Å². The lowest BCUT2D eigenvalue weighted by molar-refractivity contribution is 1.50. The summed E-state index contributed by atoms with van der Waals surface area (Å²) in [5, 5.41) is 0.632. The third kappa shape index (κ3) is 7.36. The monoisotopic (exact) mass is 184 g/mol. The van der Waals surface area contributed by atoms with Gasteiger partial charge in [-0.05, 0) is 18.6 Å². The molecule has 1 heteroatoms. The molecule has 0 amide bonds. The molecule has 0 unspecified atom stereocenters. The second-order valence-electron chi connectivity index (χ2n) is 1.73. The normalized spacial score (nSPS) is 11.3. The van der Waals surface area contributed by atoms with Crippen molar-refractivity contribution >= 4 is 11.6 Å². The summed E-state index contributed by atoms with van der Waals surface area (Å²) in [6.07, 6.45) is 7.07. The fourth-order valence-electron chi connectivity index (χ4n) is 0.478. The van der Waals surface area contributed by atoms with E-state index in [1.165, 1.54) is 0 Å². The molecule has 0 aliphatic carbocycles. The Morgan fingerprint density at radius 2 is 1.67 bits per heavy atom. The number of hydrogen-bond acceptors (Lipinski definition) is 0. The Labute approximate surface area is 80.9 Å². The summed E-state index contributed by atoms with van der Waals surface area (Å²) in [7, 11) is 0. The van der Waals surface area contributed by atoms with Crippen LogP contribution in [0.1, 0.15) is 20.8 Å². The molecular weight excluding hydrogens is 168 g/mol. The molecule has 0 aromatic rings. The van der Waals surface area contributed by atoms with Crippen molar-refractivity contribution in [2.24, 2.45) is 0 Å². The van der Waals surface area contributed by atoms with E-state index in [-0.39, 0.29) is 0 Å². The largest absolute Gasteiger partial charge is 0.0985 e. The first-order chi connectivity index (χ1) is 5.74. The molecule has 0 aliphatic rings. The van der Waals surface area contributed by atoms with E-state index in [4.69, 9.17) is 11.6 Å². The molecule has 0 spiro atoms. The molecule has 0 radical (unpaired) electrons. The lowest BCUT2D eigenvalue weighted by Gasteiger charge is -1.90. The van der Waals surface area contributed by atoms with Crippen molar-refractivity contribution in [2.75, 3.05) is 0 Å². The van der Waals surface area contributed by atoms with Gasteiger partial charge in [-0.15, -0.1) is 0 Å². The molecule has 0 atom stereocenters. The van der Waals surface area contributed by atoms with Crippen molar-refractivity contribution in [1.82, 2.24) is 0 Å². The lowest BCUT2D eigenvalue weighted by atomic mass is 10.2. The van der Waals surface area contributed by atoms with Crippen LogP contribution in [0.3, 0.4) is 0 Å². The molecule has 0 saturated carbocycles. The number of hydrogen-bond donors (Lipinski definition) is 0. The van der Waals surface area contributed by atoms with Gasteiger partial charge in [0.1, 0.15) is 0 Å². The Morgan fingerprint density at radius 1 is 1.17 bits per heavy atom. The predicted molar refractivity (Wildman–Crippen MR) is 59.4 cm³/mol. The zero-order valence-corrected chi connectivity index (χ0v) is 8.86. The minimum atomic E-state index is 0.632. The van der Waals surface area contributed by atoms with Crippen LogP contribution in [0.5, 0.6) is 0 Å². The molecule has 0 heterocycles. The molecule has 0 nitrogen and oxygen atoms in total. The van der Waals surface area contributed by atoms with Crippen LogP contribution in [-0.2, 0) is 0 Å². The Hall–Kier alpha value is -0.750. The molecule has 0 N–H and O–H groups in total. The van der Waals surface area contributed by atoms with Crippen molar-refractivity contribution in [3.8, 4) is 0 Å². The minimum Gasteiger partial charge on any atom is -0.0985 e. The summed E-state index contributed by atoms with van der Waals surface area (Å²) < 4.78 is 0. The Balaban J connectivity index is 0. The van der Waals surface area contributed by atoms with Crippen molar-refractivity contribution in [3.63, 3.8) is 0 Å². The van der Waals surface area contributed by atoms with Crippen LogP contribution in [-0.4, -0.2) is 0 Å². The zero-order valence-electron chi connectivity index (χ0n) is 8.10. The number of rotatable bonds is 3. The summed E-state index contributed by atoms with van der Waals surface area (Å²) in [4.78, 5) is 0. The van der Waals surface area contributed by atoms with Gasteiger partial charge in [0, 0.05) is 5.03 Å². The fraction of sp³-hybridized carbons (Fsp3) is 0.273. The van der Waals surface area contributed by atoms with Gasteiger partial charge in [-0.25, -0.2) is 0 Å². The maximum atomic E-state index is 5.67. The first kappa shape index (κ1) is 13.8. The van der Waals surface area contributed by atoms with Crippen LogP contribution in [0.4, 0.5) is 0 Å². The van der Waals surface area contributed by atoms with Crippen LogP contribution < -0.4 is 0 Å². The summed E-state index contributed by atoms with van der Waals surface area (Å²) in [5.41, 5.74) is 1.00. The maximum absolute atomic E-state index is 5.67. The zero-order chi connectivity index (χ0) is 9.98. The van der Waals surface area contributed by atoms with E-state index in [1.807, 2.05) is 32.9 Å². The van der Waals surface area contributed by atoms with Crippen molar-refractivity contribution in [3.05, 3.63) is 48.1 Å². The van der Waals surface area contributed by atoms with E-state index in [2.05, 4.69) is 13.2 Å². The van der Waals surface area contributed by atoms with Gasteiger partial charge in [-0.3, -0.25) is 0 Å². The molecule has 12 heavy (non-hydrogen) atoms. The van der Waals surface area contributed by atoms with Crippen molar-refractivity contribution in [2.45, 2.75) is 20.8 Å². The molecule has 0 saturated heterocycles. The van der Waals surface area contributed by atoms with Gasteiger partial charge in [0.05, 0.1) is 0 Å². The quantitative estimate of drug-likeness (QED) is 0.569. The highest BCUT2D eigenvalue weighted by Gasteiger charge is 1.84. The molecule has 68 valence electrons. The Morgan fingerprint density at radius 3 is 1.92 bits per heavy atom. The molecule has 0 aliphatic heterocycles. The van der Waals surface area contributed by atoms with E-state index >= 15 is 0 Å². The van der Waals surface area contributed by atoms with Crippen LogP contribution >= 0.6 is 11.6 Å². The first-order valence-corrected chi connectivity index (χ1v) is 4.40. The third-order valence-corrected chi connectivity index (χ3v) is 1.33. The molecule has 0 fully saturated rings. The smallest absolute Gasteiger partial charge is 0.0405 e. The van der Waals surface area contributed by atoms with E-state index in [0.717, 1.165) is 5.57 Å². The number of halogens is 1. The van der Waals surface area contributed by atoms with Crippen LogP contribution in [0, 0.1) is 0 Å².